The minimum absolute atomic E-state index is 0.0588. The van der Waals surface area contributed by atoms with Gasteiger partial charge in [0.25, 0.3) is 0 Å². The summed E-state index contributed by atoms with van der Waals surface area (Å²) in [4.78, 5) is 16.8. The molecule has 0 unspecified atom stereocenters. The smallest absolute Gasteiger partial charge is 0.238 e. The Hall–Kier alpha value is -2.44. The molecule has 1 amide bonds. The number of anilines is 2. The highest BCUT2D eigenvalue weighted by Gasteiger charge is 2.20. The second-order valence-electron chi connectivity index (χ2n) is 6.36. The summed E-state index contributed by atoms with van der Waals surface area (Å²) in [5.41, 5.74) is 1.71. The SMILES string of the molecule is COc1cc(NC(=O)CN2CCN(c3ccccc3Cl)CC2)cc(OC)c1. The van der Waals surface area contributed by atoms with Gasteiger partial charge >= 0.3 is 0 Å². The zero-order valence-corrected chi connectivity index (χ0v) is 16.3. The molecule has 27 heavy (non-hydrogen) atoms. The summed E-state index contributed by atoms with van der Waals surface area (Å²) < 4.78 is 10.5. The lowest BCUT2D eigenvalue weighted by Gasteiger charge is -2.36. The minimum Gasteiger partial charge on any atom is -0.497 e. The topological polar surface area (TPSA) is 54.0 Å². The number of hydrogen-bond acceptors (Lipinski definition) is 5. The van der Waals surface area contributed by atoms with E-state index in [0.29, 0.717) is 23.7 Å². The molecule has 2 aromatic rings. The molecular weight excluding hydrogens is 366 g/mol. The van der Waals surface area contributed by atoms with E-state index in [0.717, 1.165) is 36.9 Å². The molecule has 0 bridgehead atoms. The summed E-state index contributed by atoms with van der Waals surface area (Å²) >= 11 is 6.28. The van der Waals surface area contributed by atoms with Gasteiger partial charge in [0, 0.05) is 50.1 Å². The van der Waals surface area contributed by atoms with E-state index in [1.807, 2.05) is 24.3 Å². The molecule has 144 valence electrons. The lowest BCUT2D eigenvalue weighted by atomic mass is 10.2. The molecule has 0 atom stereocenters. The summed E-state index contributed by atoms with van der Waals surface area (Å²) in [5.74, 6) is 1.22. The number of methoxy groups -OCH3 is 2. The molecule has 1 heterocycles. The molecule has 1 aliphatic heterocycles. The predicted molar refractivity (Wildman–Crippen MR) is 108 cm³/mol. The molecule has 0 radical (unpaired) electrons. The average Bonchev–Trinajstić information content (AvgIpc) is 2.68. The van der Waals surface area contributed by atoms with Gasteiger partial charge in [-0.05, 0) is 12.1 Å². The van der Waals surface area contributed by atoms with Crippen molar-refractivity contribution in [2.75, 3.05) is 57.2 Å². The van der Waals surface area contributed by atoms with Crippen LogP contribution in [-0.4, -0.2) is 57.8 Å². The van der Waals surface area contributed by atoms with E-state index < -0.39 is 0 Å². The van der Waals surface area contributed by atoms with E-state index in [4.69, 9.17) is 21.1 Å². The largest absolute Gasteiger partial charge is 0.497 e. The van der Waals surface area contributed by atoms with Crippen LogP contribution in [0.1, 0.15) is 0 Å². The number of hydrogen-bond donors (Lipinski definition) is 1. The highest BCUT2D eigenvalue weighted by atomic mass is 35.5. The van der Waals surface area contributed by atoms with Gasteiger partial charge in [-0.2, -0.15) is 0 Å². The van der Waals surface area contributed by atoms with Gasteiger partial charge in [0.15, 0.2) is 0 Å². The molecule has 0 aliphatic carbocycles. The maximum Gasteiger partial charge on any atom is 0.238 e. The number of piperazine rings is 1. The van der Waals surface area contributed by atoms with Crippen LogP contribution in [0.25, 0.3) is 0 Å². The van der Waals surface area contributed by atoms with Crippen LogP contribution in [0.5, 0.6) is 11.5 Å². The Bertz CT molecular complexity index is 770. The number of nitrogens with one attached hydrogen (secondary N) is 1. The number of rotatable bonds is 6. The lowest BCUT2D eigenvalue weighted by Crippen LogP contribution is -2.48. The molecule has 1 N–H and O–H groups in total. The number of para-hydroxylation sites is 1. The Morgan fingerprint density at radius 3 is 2.26 bits per heavy atom. The second-order valence-corrected chi connectivity index (χ2v) is 6.77. The standard InChI is InChI=1S/C20H24ClN3O3/c1-26-16-11-15(12-17(13-16)27-2)22-20(25)14-23-7-9-24(10-8-23)19-6-4-3-5-18(19)21/h3-6,11-13H,7-10,14H2,1-2H3,(H,22,25). The van der Waals surface area contributed by atoms with Gasteiger partial charge in [-0.25, -0.2) is 0 Å². The third-order valence-electron chi connectivity index (χ3n) is 4.57. The van der Waals surface area contributed by atoms with Crippen LogP contribution in [-0.2, 0) is 4.79 Å². The molecule has 2 aromatic carbocycles. The van der Waals surface area contributed by atoms with Gasteiger partial charge in [-0.3, -0.25) is 9.69 Å². The molecule has 1 aliphatic rings. The monoisotopic (exact) mass is 389 g/mol. The highest BCUT2D eigenvalue weighted by molar-refractivity contribution is 6.33. The van der Waals surface area contributed by atoms with Crippen molar-refractivity contribution in [2.24, 2.45) is 0 Å². The Kier molecular flexibility index (Phi) is 6.42. The number of halogens is 1. The van der Waals surface area contributed by atoms with E-state index in [9.17, 15) is 4.79 Å². The Morgan fingerprint density at radius 1 is 1.04 bits per heavy atom. The van der Waals surface area contributed by atoms with Gasteiger partial charge < -0.3 is 19.7 Å². The van der Waals surface area contributed by atoms with Crippen molar-refractivity contribution in [3.63, 3.8) is 0 Å². The quantitative estimate of drug-likeness (QED) is 0.822. The normalized spacial score (nSPS) is 14.7. The number of ether oxygens (including phenoxy) is 2. The van der Waals surface area contributed by atoms with Crippen molar-refractivity contribution in [1.82, 2.24) is 4.90 Å². The number of amides is 1. The van der Waals surface area contributed by atoms with Gasteiger partial charge in [0.1, 0.15) is 11.5 Å². The predicted octanol–water partition coefficient (Wildman–Crippen LogP) is 3.12. The van der Waals surface area contributed by atoms with Crippen LogP contribution < -0.4 is 19.7 Å². The van der Waals surface area contributed by atoms with Crippen molar-refractivity contribution in [2.45, 2.75) is 0 Å². The van der Waals surface area contributed by atoms with Crippen LogP contribution in [0.3, 0.4) is 0 Å². The van der Waals surface area contributed by atoms with Gasteiger partial charge in [-0.15, -0.1) is 0 Å². The first-order chi connectivity index (χ1) is 13.1. The van der Waals surface area contributed by atoms with Crippen LogP contribution >= 0.6 is 11.6 Å². The van der Waals surface area contributed by atoms with Crippen LogP contribution in [0.2, 0.25) is 5.02 Å². The molecule has 1 fully saturated rings. The van der Waals surface area contributed by atoms with Crippen molar-refractivity contribution in [3.8, 4) is 11.5 Å². The van der Waals surface area contributed by atoms with Crippen molar-refractivity contribution in [3.05, 3.63) is 47.5 Å². The Morgan fingerprint density at radius 2 is 1.67 bits per heavy atom. The maximum atomic E-state index is 12.4. The summed E-state index contributed by atoms with van der Waals surface area (Å²) in [7, 11) is 3.16. The maximum absolute atomic E-state index is 12.4. The van der Waals surface area contributed by atoms with E-state index in [2.05, 4.69) is 15.1 Å². The third kappa shape index (κ3) is 5.05. The lowest BCUT2D eigenvalue weighted by molar-refractivity contribution is -0.117. The van der Waals surface area contributed by atoms with Gasteiger partial charge in [0.05, 0.1) is 31.5 Å². The number of carbonyl (C=O) groups is 1. The van der Waals surface area contributed by atoms with Crippen molar-refractivity contribution >= 4 is 28.9 Å². The van der Waals surface area contributed by atoms with Crippen molar-refractivity contribution < 1.29 is 14.3 Å². The first kappa shape index (κ1) is 19.3. The van der Waals surface area contributed by atoms with Gasteiger partial charge in [-0.1, -0.05) is 23.7 Å². The van der Waals surface area contributed by atoms with Crippen LogP contribution in [0.4, 0.5) is 11.4 Å². The average molecular weight is 390 g/mol. The van der Waals surface area contributed by atoms with E-state index in [-0.39, 0.29) is 5.91 Å². The van der Waals surface area contributed by atoms with Gasteiger partial charge in [0.2, 0.25) is 5.91 Å². The molecule has 7 heteroatoms. The second kappa shape index (κ2) is 8.97. The zero-order valence-electron chi connectivity index (χ0n) is 15.6. The summed E-state index contributed by atoms with van der Waals surface area (Å²) in [6, 6.07) is 13.2. The first-order valence-electron chi connectivity index (χ1n) is 8.84. The molecule has 6 nitrogen and oxygen atoms in total. The first-order valence-corrected chi connectivity index (χ1v) is 9.21. The molecule has 0 spiro atoms. The molecular formula is C20H24ClN3O3. The summed E-state index contributed by atoms with van der Waals surface area (Å²) in [6.45, 7) is 3.63. The fraction of sp³-hybridized carbons (Fsp3) is 0.350. The molecule has 1 saturated heterocycles. The fourth-order valence-electron chi connectivity index (χ4n) is 3.14. The van der Waals surface area contributed by atoms with Crippen molar-refractivity contribution in [1.29, 1.82) is 0 Å². The third-order valence-corrected chi connectivity index (χ3v) is 4.89. The number of nitrogens with zero attached hydrogens (tertiary/aromatic N) is 2. The highest BCUT2D eigenvalue weighted by Crippen LogP contribution is 2.27. The minimum atomic E-state index is -0.0588. The fourth-order valence-corrected chi connectivity index (χ4v) is 3.39. The Labute approximate surface area is 164 Å². The van der Waals surface area contributed by atoms with Crippen LogP contribution in [0.15, 0.2) is 42.5 Å². The Balaban J connectivity index is 1.53. The number of benzene rings is 2. The van der Waals surface area contributed by atoms with E-state index in [1.54, 1.807) is 32.4 Å². The van der Waals surface area contributed by atoms with E-state index in [1.165, 1.54) is 0 Å². The number of carbonyl (C=O) groups excluding carboxylic acids is 1. The van der Waals surface area contributed by atoms with E-state index >= 15 is 0 Å². The zero-order chi connectivity index (χ0) is 19.2. The molecule has 0 aromatic heterocycles. The molecule has 0 saturated carbocycles. The van der Waals surface area contributed by atoms with Crippen LogP contribution in [0, 0.1) is 0 Å². The molecule has 3 rings (SSSR count). The summed E-state index contributed by atoms with van der Waals surface area (Å²) in [6.07, 6.45) is 0. The summed E-state index contributed by atoms with van der Waals surface area (Å²) in [5, 5.41) is 3.68.